The summed E-state index contributed by atoms with van der Waals surface area (Å²) in [6.45, 7) is 0.468. The summed E-state index contributed by atoms with van der Waals surface area (Å²) in [7, 11) is 0. The Labute approximate surface area is 112 Å². The van der Waals surface area contributed by atoms with Crippen molar-refractivity contribution < 1.29 is 14.2 Å². The van der Waals surface area contributed by atoms with Crippen molar-refractivity contribution in [2.75, 3.05) is 6.61 Å². The van der Waals surface area contributed by atoms with Gasteiger partial charge in [-0.15, -0.1) is 0 Å². The monoisotopic (exact) mass is 314 g/mol. The maximum Gasteiger partial charge on any atom is 0.123 e. The summed E-state index contributed by atoms with van der Waals surface area (Å²) in [5.41, 5.74) is 0. The lowest BCUT2D eigenvalue weighted by atomic mass is 10.3. The van der Waals surface area contributed by atoms with E-state index in [9.17, 15) is 9.50 Å². The molecule has 2 aromatic rings. The average molecular weight is 315 g/mol. The number of hydrogen-bond acceptors (Lipinski definition) is 3. The maximum atomic E-state index is 12.7. The number of benzene rings is 1. The average Bonchev–Trinajstić information content (AvgIpc) is 2.74. The van der Waals surface area contributed by atoms with E-state index in [1.54, 1.807) is 17.1 Å². The molecule has 1 heterocycles. The Hall–Kier alpha value is -1.40. The van der Waals surface area contributed by atoms with Crippen molar-refractivity contribution in [2.45, 2.75) is 12.6 Å². The van der Waals surface area contributed by atoms with Crippen LogP contribution in [0.25, 0.3) is 0 Å². The van der Waals surface area contributed by atoms with Gasteiger partial charge in [-0.2, -0.15) is 5.10 Å². The standard InChI is InChI=1S/C12H12BrFN2O2/c13-9-5-15-16(6-9)7-11(17)8-18-12-3-1-10(14)2-4-12/h1-6,11,17H,7-8H2. The van der Waals surface area contributed by atoms with Crippen LogP contribution < -0.4 is 4.74 Å². The lowest BCUT2D eigenvalue weighted by molar-refractivity contribution is 0.0893. The number of rotatable bonds is 5. The summed E-state index contributed by atoms with van der Waals surface area (Å²) in [4.78, 5) is 0. The first-order chi connectivity index (χ1) is 8.63. The summed E-state index contributed by atoms with van der Waals surface area (Å²) in [6, 6.07) is 5.66. The van der Waals surface area contributed by atoms with E-state index in [1.165, 1.54) is 24.3 Å². The Kier molecular flexibility index (Phi) is 4.33. The fourth-order valence-electron chi connectivity index (χ4n) is 1.43. The zero-order chi connectivity index (χ0) is 13.0. The van der Waals surface area contributed by atoms with Crippen molar-refractivity contribution in [3.05, 3.63) is 46.9 Å². The molecule has 6 heteroatoms. The molecule has 0 saturated heterocycles. The van der Waals surface area contributed by atoms with E-state index in [0.717, 1.165) is 4.47 Å². The molecule has 0 spiro atoms. The Bertz CT molecular complexity index is 501. The number of aliphatic hydroxyl groups excluding tert-OH is 1. The number of hydrogen-bond donors (Lipinski definition) is 1. The van der Waals surface area contributed by atoms with Crippen LogP contribution in [0.4, 0.5) is 4.39 Å². The molecule has 1 N–H and O–H groups in total. The first-order valence-corrected chi connectivity index (χ1v) is 6.17. The van der Waals surface area contributed by atoms with Gasteiger partial charge in [-0.25, -0.2) is 4.39 Å². The second-order valence-corrected chi connectivity index (χ2v) is 4.72. The summed E-state index contributed by atoms with van der Waals surface area (Å²) in [5.74, 6) is 0.210. The topological polar surface area (TPSA) is 47.3 Å². The Balaban J connectivity index is 1.81. The van der Waals surface area contributed by atoms with Crippen molar-refractivity contribution >= 4 is 15.9 Å². The zero-order valence-electron chi connectivity index (χ0n) is 9.46. The van der Waals surface area contributed by atoms with Crippen molar-refractivity contribution in [1.29, 1.82) is 0 Å². The molecular formula is C12H12BrFN2O2. The van der Waals surface area contributed by atoms with Gasteiger partial charge in [0.1, 0.15) is 24.3 Å². The van der Waals surface area contributed by atoms with Crippen LogP contribution in [0, 0.1) is 5.82 Å². The van der Waals surface area contributed by atoms with Crippen molar-refractivity contribution in [3.63, 3.8) is 0 Å². The Morgan fingerprint density at radius 1 is 1.39 bits per heavy atom. The Morgan fingerprint density at radius 3 is 2.72 bits per heavy atom. The molecule has 0 aliphatic heterocycles. The van der Waals surface area contributed by atoms with E-state index in [0.29, 0.717) is 12.3 Å². The number of aromatic nitrogens is 2. The highest BCUT2D eigenvalue weighted by Crippen LogP contribution is 2.12. The number of ether oxygens (including phenoxy) is 1. The smallest absolute Gasteiger partial charge is 0.123 e. The number of aliphatic hydroxyl groups is 1. The molecule has 0 bridgehead atoms. The van der Waals surface area contributed by atoms with Crippen LogP contribution in [0.3, 0.4) is 0 Å². The lowest BCUT2D eigenvalue weighted by Gasteiger charge is -2.12. The summed E-state index contributed by atoms with van der Waals surface area (Å²) in [6.07, 6.45) is 2.73. The van der Waals surface area contributed by atoms with Gasteiger partial charge in [-0.3, -0.25) is 4.68 Å². The molecule has 1 aromatic carbocycles. The summed E-state index contributed by atoms with van der Waals surface area (Å²) >= 11 is 3.27. The van der Waals surface area contributed by atoms with Gasteiger partial charge < -0.3 is 9.84 Å². The lowest BCUT2D eigenvalue weighted by Crippen LogP contribution is -2.23. The number of nitrogens with zero attached hydrogens (tertiary/aromatic N) is 2. The third-order valence-corrected chi connectivity index (χ3v) is 2.67. The fourth-order valence-corrected chi connectivity index (χ4v) is 1.76. The van der Waals surface area contributed by atoms with Crippen molar-refractivity contribution in [3.8, 4) is 5.75 Å². The molecule has 1 unspecified atom stereocenters. The predicted octanol–water partition coefficient (Wildman–Crippen LogP) is 2.22. The highest BCUT2D eigenvalue weighted by Gasteiger charge is 2.07. The third-order valence-electron chi connectivity index (χ3n) is 2.26. The normalized spacial score (nSPS) is 12.4. The quantitative estimate of drug-likeness (QED) is 0.920. The first-order valence-electron chi connectivity index (χ1n) is 5.38. The van der Waals surface area contributed by atoms with E-state index in [4.69, 9.17) is 4.74 Å². The first kappa shape index (κ1) is 13.0. The minimum Gasteiger partial charge on any atom is -0.491 e. The van der Waals surface area contributed by atoms with Gasteiger partial charge in [-0.1, -0.05) is 0 Å². The van der Waals surface area contributed by atoms with Gasteiger partial charge >= 0.3 is 0 Å². The minimum atomic E-state index is -0.679. The molecule has 0 fully saturated rings. The second-order valence-electron chi connectivity index (χ2n) is 3.80. The molecule has 1 atom stereocenters. The minimum absolute atomic E-state index is 0.128. The molecule has 0 aliphatic rings. The third kappa shape index (κ3) is 3.82. The van der Waals surface area contributed by atoms with E-state index in [2.05, 4.69) is 21.0 Å². The van der Waals surface area contributed by atoms with Crippen LogP contribution in [0.2, 0.25) is 0 Å². The zero-order valence-corrected chi connectivity index (χ0v) is 11.0. The van der Waals surface area contributed by atoms with Crippen LogP contribution in [0.15, 0.2) is 41.1 Å². The van der Waals surface area contributed by atoms with Crippen LogP contribution in [0.1, 0.15) is 0 Å². The molecular weight excluding hydrogens is 303 g/mol. The molecule has 0 amide bonds. The highest BCUT2D eigenvalue weighted by atomic mass is 79.9. The van der Waals surface area contributed by atoms with E-state index < -0.39 is 6.10 Å². The molecule has 96 valence electrons. The van der Waals surface area contributed by atoms with Crippen LogP contribution in [-0.2, 0) is 6.54 Å². The molecule has 0 radical (unpaired) electrons. The van der Waals surface area contributed by atoms with Gasteiger partial charge in [-0.05, 0) is 40.2 Å². The predicted molar refractivity (Wildman–Crippen MR) is 67.8 cm³/mol. The summed E-state index contributed by atoms with van der Waals surface area (Å²) in [5, 5.41) is 13.8. The SMILES string of the molecule is OC(COc1ccc(F)cc1)Cn1cc(Br)cn1. The van der Waals surface area contributed by atoms with Crippen LogP contribution in [0.5, 0.6) is 5.75 Å². The number of halogens is 2. The van der Waals surface area contributed by atoms with Gasteiger partial charge in [0.15, 0.2) is 0 Å². The fraction of sp³-hybridized carbons (Fsp3) is 0.250. The van der Waals surface area contributed by atoms with E-state index >= 15 is 0 Å². The molecule has 0 aliphatic carbocycles. The van der Waals surface area contributed by atoms with Gasteiger partial charge in [0.25, 0.3) is 0 Å². The molecule has 2 rings (SSSR count). The van der Waals surface area contributed by atoms with Crippen LogP contribution in [-0.4, -0.2) is 27.6 Å². The Morgan fingerprint density at radius 2 is 2.11 bits per heavy atom. The van der Waals surface area contributed by atoms with Crippen LogP contribution >= 0.6 is 15.9 Å². The second kappa shape index (κ2) is 5.97. The van der Waals surface area contributed by atoms with E-state index in [-0.39, 0.29) is 12.4 Å². The van der Waals surface area contributed by atoms with Crippen molar-refractivity contribution in [2.24, 2.45) is 0 Å². The van der Waals surface area contributed by atoms with E-state index in [1.807, 2.05) is 0 Å². The molecule has 1 aromatic heterocycles. The largest absolute Gasteiger partial charge is 0.491 e. The molecule has 4 nitrogen and oxygen atoms in total. The van der Waals surface area contributed by atoms with Crippen molar-refractivity contribution in [1.82, 2.24) is 9.78 Å². The summed E-state index contributed by atoms with van der Waals surface area (Å²) < 4.78 is 20.5. The van der Waals surface area contributed by atoms with Gasteiger partial charge in [0, 0.05) is 6.20 Å². The maximum absolute atomic E-state index is 12.7. The highest BCUT2D eigenvalue weighted by molar-refractivity contribution is 9.10. The van der Waals surface area contributed by atoms with Gasteiger partial charge in [0.2, 0.25) is 0 Å². The molecule has 18 heavy (non-hydrogen) atoms. The molecule has 0 saturated carbocycles. The van der Waals surface area contributed by atoms with Gasteiger partial charge in [0.05, 0.1) is 17.2 Å².